The maximum atomic E-state index is 0. The maximum absolute atomic E-state index is 0. The predicted octanol–water partition coefficient (Wildman–Crippen LogP) is -1.34. The zero-order valence-corrected chi connectivity index (χ0v) is 5.91. The Balaban J connectivity index is 0. The molecule has 0 rings (SSSR count). The van der Waals surface area contributed by atoms with Crippen LogP contribution in [-0.2, 0) is 37.8 Å². The van der Waals surface area contributed by atoms with Gasteiger partial charge in [0.05, 0.1) is 0 Å². The Hall–Kier alpha value is 2.49. The average Bonchev–Trinajstić information content (AvgIpc) is 0. The molecule has 4 heavy (non-hydrogen) atoms. The molecule has 0 aromatic heterocycles. The first-order valence-corrected chi connectivity index (χ1v) is 0. The van der Waals surface area contributed by atoms with E-state index in [9.17, 15) is 0 Å². The third-order valence-electron chi connectivity index (χ3n) is 0. The van der Waals surface area contributed by atoms with E-state index in [-0.39, 0.29) is 81.1 Å². The van der Waals surface area contributed by atoms with Gasteiger partial charge in [0.15, 0.2) is 17.4 Å². The Bertz CT molecular complexity index is 13.5. The second-order valence-electron chi connectivity index (χ2n) is 0. The number of hydrogen-bond donors (Lipinski definition) is 0. The van der Waals surface area contributed by atoms with E-state index in [2.05, 4.69) is 0 Å². The minimum atomic E-state index is 0. The van der Waals surface area contributed by atoms with Crippen molar-refractivity contribution in [3.05, 3.63) is 0 Å². The van der Waals surface area contributed by atoms with Crippen molar-refractivity contribution in [2.24, 2.45) is 0 Å². The Labute approximate surface area is 80.2 Å². The molecule has 0 aliphatic rings. The molecule has 0 saturated heterocycles. The van der Waals surface area contributed by atoms with Crippen LogP contribution in [0.15, 0.2) is 0 Å². The van der Waals surface area contributed by atoms with Crippen LogP contribution in [-0.4, -0.2) is 40.4 Å². The molecular weight excluding hydrogens is 206 g/mol. The maximum Gasteiger partial charge on any atom is 2.00 e. The summed E-state index contributed by atoms with van der Waals surface area (Å²) in [6.07, 6.45) is 0. The van der Waals surface area contributed by atoms with E-state index >= 15 is 0 Å². The van der Waals surface area contributed by atoms with Gasteiger partial charge in [-0.1, -0.05) is 0 Å². The summed E-state index contributed by atoms with van der Waals surface area (Å²) in [5.74, 6) is 0. The second kappa shape index (κ2) is 17.8. The number of rotatable bonds is 0. The van der Waals surface area contributed by atoms with Crippen LogP contribution in [0.1, 0.15) is 2.85 Å². The third kappa shape index (κ3) is 8.82. The molecule has 0 unspecified atom stereocenters. The average molecular weight is 211 g/mol. The summed E-state index contributed by atoms with van der Waals surface area (Å²) in [5, 5.41) is 0. The molecule has 0 aliphatic heterocycles. The first-order chi connectivity index (χ1) is 0. The molecule has 25 valence electrons. The minimum Gasteiger partial charge on any atom is -1.00 e. The van der Waals surface area contributed by atoms with Gasteiger partial charge >= 0.3 is 23.1 Å². The summed E-state index contributed by atoms with van der Waals surface area (Å²) in [7, 11) is 0. The van der Waals surface area contributed by atoms with Crippen molar-refractivity contribution >= 4 is 40.4 Å². The summed E-state index contributed by atoms with van der Waals surface area (Å²) in [6.45, 7) is 0. The molecule has 0 spiro atoms. The van der Waals surface area contributed by atoms with E-state index in [4.69, 9.17) is 0 Å². The quantitative estimate of drug-likeness (QED) is 0.435. The fourth-order valence-electron chi connectivity index (χ4n) is 0. The van der Waals surface area contributed by atoms with Gasteiger partial charge in [0.2, 0.25) is 0 Å². The third-order valence-corrected chi connectivity index (χ3v) is 0. The standard InChI is InChI=1S/Al.Co.Mg.Mo.5H/q;;+2;;;;;2*-1. The molecule has 1 radical (unpaired) electrons. The Morgan fingerprint density at radius 1 is 1.25 bits per heavy atom. The van der Waals surface area contributed by atoms with Gasteiger partial charge in [0.1, 0.15) is 0 Å². The molecule has 0 heterocycles. The summed E-state index contributed by atoms with van der Waals surface area (Å²) in [5.41, 5.74) is 0. The molecule has 0 bridgehead atoms. The van der Waals surface area contributed by atoms with Crippen molar-refractivity contribution in [2.45, 2.75) is 0 Å². The van der Waals surface area contributed by atoms with Gasteiger partial charge in [-0.2, -0.15) is 0 Å². The van der Waals surface area contributed by atoms with Gasteiger partial charge in [-0.15, -0.1) is 0 Å². The van der Waals surface area contributed by atoms with Crippen molar-refractivity contribution in [3.8, 4) is 0 Å². The molecular formula is H5AlCoMgMo. The van der Waals surface area contributed by atoms with Gasteiger partial charge in [-0.05, 0) is 0 Å². The molecule has 0 fully saturated rings. The van der Waals surface area contributed by atoms with Crippen molar-refractivity contribution in [1.29, 1.82) is 0 Å². The topological polar surface area (TPSA) is 0 Å². The predicted molar refractivity (Wildman–Crippen MR) is 17.9 cm³/mol. The largest absolute Gasteiger partial charge is 2.00 e. The van der Waals surface area contributed by atoms with Crippen LogP contribution in [0.25, 0.3) is 0 Å². The fraction of sp³-hybridized carbons (Fsp3) is 0. The molecule has 0 aromatic rings. The van der Waals surface area contributed by atoms with Crippen LogP contribution in [0.2, 0.25) is 0 Å². The molecule has 0 aromatic carbocycles. The van der Waals surface area contributed by atoms with Crippen LogP contribution in [0.3, 0.4) is 0 Å². The molecule has 0 saturated carbocycles. The normalized spacial score (nSPS) is 0. The molecule has 0 nitrogen and oxygen atoms in total. The molecule has 0 atom stereocenters. The van der Waals surface area contributed by atoms with Crippen molar-refractivity contribution in [3.63, 3.8) is 0 Å². The molecule has 0 aliphatic carbocycles. The minimum absolute atomic E-state index is 0. The van der Waals surface area contributed by atoms with Crippen molar-refractivity contribution < 1.29 is 40.7 Å². The van der Waals surface area contributed by atoms with E-state index in [1.54, 1.807) is 0 Å². The van der Waals surface area contributed by atoms with E-state index in [1.807, 2.05) is 0 Å². The number of hydrogen-bond acceptors (Lipinski definition) is 0. The van der Waals surface area contributed by atoms with Crippen molar-refractivity contribution in [2.75, 3.05) is 0 Å². The summed E-state index contributed by atoms with van der Waals surface area (Å²) < 4.78 is 0. The van der Waals surface area contributed by atoms with Gasteiger partial charge in [0, 0.05) is 37.8 Å². The molecule has 4 heteroatoms. The van der Waals surface area contributed by atoms with E-state index in [1.165, 1.54) is 0 Å². The van der Waals surface area contributed by atoms with Crippen LogP contribution in [0.5, 0.6) is 0 Å². The monoisotopic (exact) mass is 213 g/mol. The summed E-state index contributed by atoms with van der Waals surface area (Å²) >= 11 is 0. The summed E-state index contributed by atoms with van der Waals surface area (Å²) in [4.78, 5) is 0. The first-order valence-electron chi connectivity index (χ1n) is 0. The van der Waals surface area contributed by atoms with Crippen LogP contribution in [0, 0.1) is 0 Å². The van der Waals surface area contributed by atoms with Gasteiger partial charge in [0.25, 0.3) is 0 Å². The molecule has 0 amide bonds. The van der Waals surface area contributed by atoms with E-state index < -0.39 is 0 Å². The van der Waals surface area contributed by atoms with Gasteiger partial charge in [-0.3, -0.25) is 0 Å². The molecule has 0 N–H and O–H groups in total. The SMILES string of the molecule is [AlH3].[Co].[H-].[H-].[Mg+2].[Mo]. The van der Waals surface area contributed by atoms with Crippen LogP contribution in [0.4, 0.5) is 0 Å². The van der Waals surface area contributed by atoms with Crippen LogP contribution < -0.4 is 0 Å². The fourth-order valence-corrected chi connectivity index (χ4v) is 0. The first kappa shape index (κ1) is 31.5. The smallest absolute Gasteiger partial charge is 1.00 e. The zero-order valence-electron chi connectivity index (χ0n) is 3.45. The Kier molecular flexibility index (Phi) is 141. The van der Waals surface area contributed by atoms with E-state index in [0.717, 1.165) is 0 Å². The van der Waals surface area contributed by atoms with Gasteiger partial charge in [-0.25, -0.2) is 0 Å². The summed E-state index contributed by atoms with van der Waals surface area (Å²) in [6, 6.07) is 0. The zero-order chi connectivity index (χ0) is 0. The van der Waals surface area contributed by atoms with Gasteiger partial charge < -0.3 is 2.85 Å². The second-order valence-corrected chi connectivity index (χ2v) is 0. The van der Waals surface area contributed by atoms with Crippen molar-refractivity contribution in [1.82, 2.24) is 0 Å². The Morgan fingerprint density at radius 3 is 1.25 bits per heavy atom. The Morgan fingerprint density at radius 2 is 1.25 bits per heavy atom. The van der Waals surface area contributed by atoms with E-state index in [0.29, 0.717) is 0 Å². The van der Waals surface area contributed by atoms with Crippen LogP contribution >= 0.6 is 0 Å².